The monoisotopic (exact) mass is 263 g/mol. The highest BCUT2D eigenvalue weighted by molar-refractivity contribution is 5.76. The molecule has 1 atom stereocenters. The van der Waals surface area contributed by atoms with Gasteiger partial charge < -0.3 is 10.3 Å². The molecule has 1 aromatic heterocycles. The number of hydrogen-bond donors (Lipinski definition) is 1. The lowest BCUT2D eigenvalue weighted by Crippen LogP contribution is -2.13. The molecule has 0 saturated heterocycles. The highest BCUT2D eigenvalue weighted by atomic mass is 19.1. The number of rotatable bonds is 6. The molecule has 0 spiro atoms. The third-order valence-electron chi connectivity index (χ3n) is 3.50. The summed E-state index contributed by atoms with van der Waals surface area (Å²) in [5, 5.41) is 0. The fourth-order valence-corrected chi connectivity index (χ4v) is 2.31. The Morgan fingerprint density at radius 1 is 1.42 bits per heavy atom. The number of fused-ring (bicyclic) bond motifs is 1. The molecule has 0 amide bonds. The van der Waals surface area contributed by atoms with Crippen LogP contribution in [0.25, 0.3) is 11.0 Å². The van der Waals surface area contributed by atoms with Gasteiger partial charge in [0.1, 0.15) is 11.6 Å². The van der Waals surface area contributed by atoms with Crippen LogP contribution in [0.3, 0.4) is 0 Å². The lowest BCUT2D eigenvalue weighted by Gasteiger charge is -2.10. The molecule has 0 bridgehead atoms. The quantitative estimate of drug-likeness (QED) is 0.870. The first-order valence-corrected chi connectivity index (χ1v) is 7.00. The van der Waals surface area contributed by atoms with Gasteiger partial charge in [-0.2, -0.15) is 0 Å². The summed E-state index contributed by atoms with van der Waals surface area (Å²) in [6.07, 6.45) is 2.96. The number of nitrogens with zero attached hydrogens (tertiary/aromatic N) is 2. The molecule has 3 nitrogen and oxygen atoms in total. The Kier molecular flexibility index (Phi) is 4.53. The van der Waals surface area contributed by atoms with Crippen LogP contribution in [0.2, 0.25) is 0 Å². The molecule has 1 heterocycles. The maximum Gasteiger partial charge on any atom is 0.125 e. The van der Waals surface area contributed by atoms with E-state index in [-0.39, 0.29) is 5.82 Å². The zero-order chi connectivity index (χ0) is 13.8. The third kappa shape index (κ3) is 3.13. The topological polar surface area (TPSA) is 43.8 Å². The van der Waals surface area contributed by atoms with E-state index in [0.717, 1.165) is 42.7 Å². The van der Waals surface area contributed by atoms with Crippen molar-refractivity contribution in [3.63, 3.8) is 0 Å². The number of halogens is 1. The molecule has 1 unspecified atom stereocenters. The van der Waals surface area contributed by atoms with Crippen molar-refractivity contribution in [2.45, 2.75) is 39.7 Å². The summed E-state index contributed by atoms with van der Waals surface area (Å²) in [4.78, 5) is 4.58. The van der Waals surface area contributed by atoms with E-state index in [9.17, 15) is 4.39 Å². The van der Waals surface area contributed by atoms with Crippen molar-refractivity contribution in [2.75, 3.05) is 6.54 Å². The molecule has 2 N–H and O–H groups in total. The molecule has 0 aliphatic carbocycles. The van der Waals surface area contributed by atoms with Crippen LogP contribution in [0, 0.1) is 11.7 Å². The highest BCUT2D eigenvalue weighted by Gasteiger charge is 2.11. The summed E-state index contributed by atoms with van der Waals surface area (Å²) in [6.45, 7) is 5.91. The Bertz CT molecular complexity index is 548. The molecular weight excluding hydrogens is 241 g/mol. The summed E-state index contributed by atoms with van der Waals surface area (Å²) in [6, 6.07) is 4.84. The van der Waals surface area contributed by atoms with Gasteiger partial charge in [-0.05, 0) is 37.4 Å². The van der Waals surface area contributed by atoms with Gasteiger partial charge in [0.05, 0.1) is 11.0 Å². The van der Waals surface area contributed by atoms with Crippen molar-refractivity contribution >= 4 is 11.0 Å². The average molecular weight is 263 g/mol. The predicted octanol–water partition coefficient (Wildman–Crippen LogP) is 3.11. The van der Waals surface area contributed by atoms with Crippen LogP contribution in [-0.4, -0.2) is 16.1 Å². The van der Waals surface area contributed by atoms with Crippen LogP contribution < -0.4 is 5.73 Å². The number of nitrogens with two attached hydrogens (primary N) is 1. The Hall–Kier alpha value is -1.42. The van der Waals surface area contributed by atoms with Crippen molar-refractivity contribution in [1.29, 1.82) is 0 Å². The molecule has 0 aliphatic heterocycles. The van der Waals surface area contributed by atoms with Crippen molar-refractivity contribution < 1.29 is 4.39 Å². The predicted molar refractivity (Wildman–Crippen MR) is 76.5 cm³/mol. The minimum atomic E-state index is -0.226. The second kappa shape index (κ2) is 6.15. The number of imidazole rings is 1. The van der Waals surface area contributed by atoms with Crippen LogP contribution in [0.15, 0.2) is 18.2 Å². The van der Waals surface area contributed by atoms with E-state index in [1.807, 2.05) is 6.07 Å². The Morgan fingerprint density at radius 2 is 2.21 bits per heavy atom. The zero-order valence-electron chi connectivity index (χ0n) is 11.7. The first kappa shape index (κ1) is 14.0. The van der Waals surface area contributed by atoms with Gasteiger partial charge in [-0.25, -0.2) is 9.37 Å². The molecular formula is C15H22FN3. The lowest BCUT2D eigenvalue weighted by molar-refractivity contribution is 0.523. The van der Waals surface area contributed by atoms with E-state index in [4.69, 9.17) is 5.73 Å². The Labute approximate surface area is 113 Å². The van der Waals surface area contributed by atoms with E-state index in [0.29, 0.717) is 12.5 Å². The number of aromatic nitrogens is 2. The summed E-state index contributed by atoms with van der Waals surface area (Å²) in [5.41, 5.74) is 7.43. The van der Waals surface area contributed by atoms with Crippen molar-refractivity contribution in [1.82, 2.24) is 9.55 Å². The van der Waals surface area contributed by atoms with Crippen LogP contribution in [0.1, 0.15) is 32.5 Å². The number of hydrogen-bond acceptors (Lipinski definition) is 2. The van der Waals surface area contributed by atoms with Crippen LogP contribution >= 0.6 is 0 Å². The fraction of sp³-hybridized carbons (Fsp3) is 0.533. The molecule has 1 aromatic carbocycles. The van der Waals surface area contributed by atoms with E-state index in [1.54, 1.807) is 0 Å². The fourth-order valence-electron chi connectivity index (χ4n) is 2.31. The molecule has 0 saturated carbocycles. The molecule has 104 valence electrons. The van der Waals surface area contributed by atoms with Crippen LogP contribution in [0.4, 0.5) is 4.39 Å². The molecule has 2 aromatic rings. The Balaban J connectivity index is 2.32. The third-order valence-corrected chi connectivity index (χ3v) is 3.50. The number of benzene rings is 1. The first-order chi connectivity index (χ1) is 9.15. The van der Waals surface area contributed by atoms with Gasteiger partial charge in [-0.3, -0.25) is 0 Å². The SMILES string of the molecule is CCCn1c(CCC(C)CN)nc2cc(F)ccc21. The van der Waals surface area contributed by atoms with E-state index >= 15 is 0 Å². The van der Waals surface area contributed by atoms with Crippen molar-refractivity contribution in [2.24, 2.45) is 11.7 Å². The lowest BCUT2D eigenvalue weighted by atomic mass is 10.1. The summed E-state index contributed by atoms with van der Waals surface area (Å²) in [5.74, 6) is 1.31. The normalized spacial score (nSPS) is 13.1. The van der Waals surface area contributed by atoms with Gasteiger partial charge in [0.2, 0.25) is 0 Å². The Morgan fingerprint density at radius 3 is 2.89 bits per heavy atom. The van der Waals surface area contributed by atoms with Gasteiger partial charge >= 0.3 is 0 Å². The second-order valence-electron chi connectivity index (χ2n) is 5.19. The highest BCUT2D eigenvalue weighted by Crippen LogP contribution is 2.20. The van der Waals surface area contributed by atoms with E-state index in [2.05, 4.69) is 23.4 Å². The van der Waals surface area contributed by atoms with Gasteiger partial charge in [-0.15, -0.1) is 0 Å². The maximum absolute atomic E-state index is 13.3. The second-order valence-corrected chi connectivity index (χ2v) is 5.19. The molecule has 0 aliphatic rings. The standard InChI is InChI=1S/C15H22FN3/c1-3-8-19-14-6-5-12(16)9-13(14)18-15(19)7-4-11(2)10-17/h5-6,9,11H,3-4,7-8,10,17H2,1-2H3. The minimum absolute atomic E-state index is 0.226. The van der Waals surface area contributed by atoms with Gasteiger partial charge in [0, 0.05) is 19.0 Å². The van der Waals surface area contributed by atoms with Crippen molar-refractivity contribution in [3.8, 4) is 0 Å². The molecule has 4 heteroatoms. The van der Waals surface area contributed by atoms with Crippen LogP contribution in [-0.2, 0) is 13.0 Å². The maximum atomic E-state index is 13.3. The van der Waals surface area contributed by atoms with Gasteiger partial charge in [0.15, 0.2) is 0 Å². The summed E-state index contributed by atoms with van der Waals surface area (Å²) in [7, 11) is 0. The minimum Gasteiger partial charge on any atom is -0.330 e. The van der Waals surface area contributed by atoms with Crippen molar-refractivity contribution in [3.05, 3.63) is 29.8 Å². The van der Waals surface area contributed by atoms with Gasteiger partial charge in [-0.1, -0.05) is 13.8 Å². The van der Waals surface area contributed by atoms with Crippen LogP contribution in [0.5, 0.6) is 0 Å². The number of aryl methyl sites for hydroxylation is 2. The first-order valence-electron chi connectivity index (χ1n) is 7.00. The molecule has 19 heavy (non-hydrogen) atoms. The molecule has 0 fully saturated rings. The van der Waals surface area contributed by atoms with E-state index in [1.165, 1.54) is 12.1 Å². The molecule has 2 rings (SSSR count). The zero-order valence-corrected chi connectivity index (χ0v) is 11.7. The summed E-state index contributed by atoms with van der Waals surface area (Å²) < 4.78 is 15.5. The average Bonchev–Trinajstić information content (AvgIpc) is 2.73. The molecule has 0 radical (unpaired) electrons. The largest absolute Gasteiger partial charge is 0.330 e. The van der Waals surface area contributed by atoms with Gasteiger partial charge in [0.25, 0.3) is 0 Å². The summed E-state index contributed by atoms with van der Waals surface area (Å²) >= 11 is 0. The smallest absolute Gasteiger partial charge is 0.125 e. The van der Waals surface area contributed by atoms with E-state index < -0.39 is 0 Å².